The number of nitrogens with one attached hydrogen (secondary N) is 1. The predicted molar refractivity (Wildman–Crippen MR) is 99.3 cm³/mol. The average molecular weight is 380 g/mol. The van der Waals surface area contributed by atoms with E-state index in [0.717, 1.165) is 32.2 Å². The van der Waals surface area contributed by atoms with Crippen LogP contribution in [0.1, 0.15) is 30.0 Å². The quantitative estimate of drug-likeness (QED) is 0.865. The molecule has 1 aliphatic heterocycles. The predicted octanol–water partition coefficient (Wildman–Crippen LogP) is 2.46. The first-order valence-corrected chi connectivity index (χ1v) is 10.9. The first-order chi connectivity index (χ1) is 11.9. The lowest BCUT2D eigenvalue weighted by atomic mass is 9.89. The molecule has 134 valence electrons. The van der Waals surface area contributed by atoms with Crippen LogP contribution in [0.3, 0.4) is 0 Å². The minimum atomic E-state index is -3.34. The minimum absolute atomic E-state index is 0.0442. The third kappa shape index (κ3) is 5.02. The molecular formula is C17H21N3O3S2. The fraction of sp³-hybridized carbons (Fsp3) is 0.412. The van der Waals surface area contributed by atoms with Crippen molar-refractivity contribution >= 4 is 32.4 Å². The number of thiazole rings is 1. The van der Waals surface area contributed by atoms with Crippen LogP contribution in [0.25, 0.3) is 0 Å². The summed E-state index contributed by atoms with van der Waals surface area (Å²) in [6.07, 6.45) is 3.22. The normalized spacial score (nSPS) is 16.0. The number of piperidine rings is 1. The molecule has 1 fully saturated rings. The van der Waals surface area contributed by atoms with E-state index in [9.17, 15) is 13.2 Å². The number of anilines is 1. The van der Waals surface area contributed by atoms with Crippen LogP contribution >= 0.6 is 11.3 Å². The summed E-state index contributed by atoms with van der Waals surface area (Å²) in [7, 11) is -3.34. The molecule has 1 saturated heterocycles. The van der Waals surface area contributed by atoms with E-state index in [0.29, 0.717) is 16.7 Å². The highest BCUT2D eigenvalue weighted by Gasteiger charge is 2.24. The number of aromatic nitrogens is 1. The van der Waals surface area contributed by atoms with Gasteiger partial charge in [-0.3, -0.25) is 9.52 Å². The van der Waals surface area contributed by atoms with Gasteiger partial charge >= 0.3 is 0 Å². The van der Waals surface area contributed by atoms with Crippen LogP contribution in [0.15, 0.2) is 35.7 Å². The number of carbonyl (C=O) groups excluding carboxylic acids is 1. The van der Waals surface area contributed by atoms with Crippen molar-refractivity contribution < 1.29 is 13.2 Å². The largest absolute Gasteiger partial charge is 0.342 e. The van der Waals surface area contributed by atoms with Gasteiger partial charge in [-0.05, 0) is 24.3 Å². The highest BCUT2D eigenvalue weighted by Crippen LogP contribution is 2.28. The second-order valence-electron chi connectivity index (χ2n) is 6.26. The van der Waals surface area contributed by atoms with E-state index < -0.39 is 10.0 Å². The summed E-state index contributed by atoms with van der Waals surface area (Å²) in [6.45, 7) is 1.49. The molecule has 0 unspecified atom stereocenters. The zero-order valence-corrected chi connectivity index (χ0v) is 15.6. The maximum absolute atomic E-state index is 12.5. The van der Waals surface area contributed by atoms with E-state index in [1.165, 1.54) is 16.9 Å². The Bertz CT molecular complexity index is 826. The van der Waals surface area contributed by atoms with Gasteiger partial charge in [0, 0.05) is 18.5 Å². The van der Waals surface area contributed by atoms with Gasteiger partial charge < -0.3 is 4.90 Å². The zero-order valence-electron chi connectivity index (χ0n) is 14.0. The van der Waals surface area contributed by atoms with Crippen molar-refractivity contribution in [2.75, 3.05) is 24.1 Å². The number of sulfonamides is 1. The summed E-state index contributed by atoms with van der Waals surface area (Å²) in [4.78, 5) is 18.5. The van der Waals surface area contributed by atoms with Gasteiger partial charge in [-0.15, -0.1) is 11.3 Å². The molecule has 1 aromatic carbocycles. The average Bonchev–Trinajstić information content (AvgIpc) is 3.00. The van der Waals surface area contributed by atoms with Gasteiger partial charge in [-0.25, -0.2) is 13.4 Å². The molecule has 2 heterocycles. The standard InChI is InChI=1S/C17H21N3O3S2/c1-25(22,23)19-17-18-15(12-24-17)11-16(21)20-9-7-14(8-10-20)13-5-3-2-4-6-13/h2-6,12,14H,7-11H2,1H3,(H,18,19). The Balaban J connectivity index is 1.53. The molecule has 1 aliphatic rings. The lowest BCUT2D eigenvalue weighted by Crippen LogP contribution is -2.38. The van der Waals surface area contributed by atoms with Crippen LogP contribution < -0.4 is 4.72 Å². The number of nitrogens with zero attached hydrogens (tertiary/aromatic N) is 2. The van der Waals surface area contributed by atoms with Crippen LogP contribution in [0, 0.1) is 0 Å². The summed E-state index contributed by atoms with van der Waals surface area (Å²) >= 11 is 1.19. The van der Waals surface area contributed by atoms with Crippen LogP contribution in [-0.2, 0) is 21.2 Å². The van der Waals surface area contributed by atoms with Crippen LogP contribution in [0.5, 0.6) is 0 Å². The highest BCUT2D eigenvalue weighted by molar-refractivity contribution is 7.92. The van der Waals surface area contributed by atoms with E-state index in [1.807, 2.05) is 11.0 Å². The summed E-state index contributed by atoms with van der Waals surface area (Å²) < 4.78 is 24.7. The second-order valence-corrected chi connectivity index (χ2v) is 8.87. The first kappa shape index (κ1) is 17.9. The van der Waals surface area contributed by atoms with Crippen molar-refractivity contribution in [1.82, 2.24) is 9.88 Å². The molecular weight excluding hydrogens is 358 g/mol. The van der Waals surface area contributed by atoms with E-state index in [1.54, 1.807) is 5.38 Å². The van der Waals surface area contributed by atoms with Gasteiger partial charge in [0.2, 0.25) is 15.9 Å². The fourth-order valence-corrected chi connectivity index (χ4v) is 4.61. The molecule has 0 aliphatic carbocycles. The Hall–Kier alpha value is -1.93. The Labute approximate surface area is 151 Å². The number of hydrogen-bond acceptors (Lipinski definition) is 5. The van der Waals surface area contributed by atoms with Gasteiger partial charge in [-0.2, -0.15) is 0 Å². The molecule has 0 spiro atoms. The van der Waals surface area contributed by atoms with Gasteiger partial charge in [0.15, 0.2) is 5.13 Å². The lowest BCUT2D eigenvalue weighted by Gasteiger charge is -2.32. The topological polar surface area (TPSA) is 79.4 Å². The lowest BCUT2D eigenvalue weighted by molar-refractivity contribution is -0.131. The van der Waals surface area contributed by atoms with E-state index in [2.05, 4.69) is 34.0 Å². The van der Waals surface area contributed by atoms with Gasteiger partial charge in [0.25, 0.3) is 0 Å². The summed E-state index contributed by atoms with van der Waals surface area (Å²) in [5.74, 6) is 0.554. The molecule has 3 rings (SSSR count). The number of benzene rings is 1. The molecule has 0 saturated carbocycles. The van der Waals surface area contributed by atoms with Gasteiger partial charge in [-0.1, -0.05) is 30.3 Å². The van der Waals surface area contributed by atoms with Gasteiger partial charge in [0.1, 0.15) is 0 Å². The number of rotatable bonds is 5. The zero-order chi connectivity index (χ0) is 17.9. The van der Waals surface area contributed by atoms with E-state index >= 15 is 0 Å². The molecule has 2 aromatic rings. The Morgan fingerprint density at radius 3 is 2.60 bits per heavy atom. The molecule has 25 heavy (non-hydrogen) atoms. The molecule has 1 amide bonds. The third-order valence-corrected chi connectivity index (χ3v) is 5.78. The highest BCUT2D eigenvalue weighted by atomic mass is 32.2. The Kier molecular flexibility index (Phi) is 5.39. The summed E-state index contributed by atoms with van der Waals surface area (Å²) in [5, 5.41) is 2.02. The maximum atomic E-state index is 12.5. The molecule has 0 atom stereocenters. The first-order valence-electron chi connectivity index (χ1n) is 8.15. The summed E-state index contributed by atoms with van der Waals surface area (Å²) in [6, 6.07) is 10.4. The van der Waals surface area contributed by atoms with E-state index in [4.69, 9.17) is 0 Å². The fourth-order valence-electron chi connectivity index (χ4n) is 3.05. The van der Waals surface area contributed by atoms with Crippen molar-refractivity contribution in [3.8, 4) is 0 Å². The smallest absolute Gasteiger partial charge is 0.231 e. The summed E-state index contributed by atoms with van der Waals surface area (Å²) in [5.41, 5.74) is 1.94. The SMILES string of the molecule is CS(=O)(=O)Nc1nc(CC(=O)N2CCC(c3ccccc3)CC2)cs1. The minimum Gasteiger partial charge on any atom is -0.342 e. The van der Waals surface area contributed by atoms with Crippen LogP contribution in [-0.4, -0.2) is 43.6 Å². The van der Waals surface area contributed by atoms with Crippen LogP contribution in [0.2, 0.25) is 0 Å². The molecule has 8 heteroatoms. The molecule has 1 N–H and O–H groups in total. The van der Waals surface area contributed by atoms with Crippen LogP contribution in [0.4, 0.5) is 5.13 Å². The molecule has 0 radical (unpaired) electrons. The van der Waals surface area contributed by atoms with Crippen molar-refractivity contribution in [3.63, 3.8) is 0 Å². The monoisotopic (exact) mass is 379 g/mol. The van der Waals surface area contributed by atoms with Crippen molar-refractivity contribution in [3.05, 3.63) is 47.0 Å². The van der Waals surface area contributed by atoms with Crippen molar-refractivity contribution in [2.24, 2.45) is 0 Å². The number of hydrogen-bond donors (Lipinski definition) is 1. The third-order valence-electron chi connectivity index (χ3n) is 4.28. The Morgan fingerprint density at radius 2 is 1.96 bits per heavy atom. The van der Waals surface area contributed by atoms with Crippen molar-refractivity contribution in [2.45, 2.75) is 25.2 Å². The van der Waals surface area contributed by atoms with E-state index in [-0.39, 0.29) is 12.3 Å². The Morgan fingerprint density at radius 1 is 1.28 bits per heavy atom. The van der Waals surface area contributed by atoms with Crippen molar-refractivity contribution in [1.29, 1.82) is 0 Å². The maximum Gasteiger partial charge on any atom is 0.231 e. The molecule has 6 nitrogen and oxygen atoms in total. The number of carbonyl (C=O) groups is 1. The second kappa shape index (κ2) is 7.53. The molecule has 1 aromatic heterocycles. The van der Waals surface area contributed by atoms with Gasteiger partial charge in [0.05, 0.1) is 18.4 Å². The number of amides is 1. The molecule has 0 bridgehead atoms. The number of likely N-dealkylation sites (tertiary alicyclic amines) is 1.